The van der Waals surface area contributed by atoms with Crippen LogP contribution < -0.4 is 5.32 Å². The Labute approximate surface area is 347 Å². The normalized spacial score (nSPS) is 12.0. The van der Waals surface area contributed by atoms with Gasteiger partial charge in [-0.3, -0.25) is 9.59 Å². The third-order valence-electron chi connectivity index (χ3n) is 11.2. The number of ether oxygens (including phenoxy) is 3. The molecule has 8 heteroatoms. The summed E-state index contributed by atoms with van der Waals surface area (Å²) < 4.78 is 16.3. The average molecular weight is 795 g/mol. The first-order chi connectivity index (χ1) is 27.4. The SMILES string of the molecule is CCCCCCCCC(CCCCCCCC)OC(=O)CCCCCCCN(CCCCCCCC(=O)OCC(C)CCCCCCC)CCCNC(=O)OC. The average Bonchev–Trinajstić information content (AvgIpc) is 3.19. The highest BCUT2D eigenvalue weighted by molar-refractivity contribution is 5.69. The number of carbonyl (C=O) groups excluding carboxylic acids is 3. The lowest BCUT2D eigenvalue weighted by molar-refractivity contribution is -0.150. The Morgan fingerprint density at radius 2 is 0.911 bits per heavy atom. The van der Waals surface area contributed by atoms with E-state index < -0.39 is 0 Å². The third kappa shape index (κ3) is 39.0. The van der Waals surface area contributed by atoms with Gasteiger partial charge in [-0.25, -0.2) is 4.79 Å². The van der Waals surface area contributed by atoms with Crippen LogP contribution in [0.15, 0.2) is 0 Å². The number of unbranched alkanes of at least 4 members (excludes halogenated alkanes) is 22. The van der Waals surface area contributed by atoms with Crippen molar-refractivity contribution in [3.63, 3.8) is 0 Å². The summed E-state index contributed by atoms with van der Waals surface area (Å²) in [6.45, 7) is 13.2. The monoisotopic (exact) mass is 795 g/mol. The Hall–Kier alpha value is -1.83. The molecule has 0 aliphatic carbocycles. The lowest BCUT2D eigenvalue weighted by Gasteiger charge is -2.22. The molecule has 0 rings (SSSR count). The van der Waals surface area contributed by atoms with Crippen LogP contribution in [0.25, 0.3) is 0 Å². The van der Waals surface area contributed by atoms with E-state index in [1.165, 1.54) is 123 Å². The molecule has 1 amide bonds. The molecule has 0 aromatic carbocycles. The van der Waals surface area contributed by atoms with Gasteiger partial charge in [0.05, 0.1) is 13.7 Å². The first-order valence-corrected chi connectivity index (χ1v) is 24.2. The maximum absolute atomic E-state index is 12.8. The van der Waals surface area contributed by atoms with Crippen LogP contribution >= 0.6 is 0 Å². The molecule has 56 heavy (non-hydrogen) atoms. The van der Waals surface area contributed by atoms with Gasteiger partial charge in [-0.1, -0.05) is 163 Å². The van der Waals surface area contributed by atoms with Crippen molar-refractivity contribution < 1.29 is 28.6 Å². The van der Waals surface area contributed by atoms with E-state index in [0.717, 1.165) is 103 Å². The standard InChI is InChI=1S/C48H94N2O6/c1-6-9-12-15-20-27-35-45(36-28-21-16-13-10-7-2)56-47(52)38-30-23-18-25-32-41-50(42-33-39-49-48(53)54-5)40-31-24-17-22-29-37-46(51)55-43-44(4)34-26-19-14-11-8-3/h44-45H,6-43H2,1-5H3,(H,49,53). The van der Waals surface area contributed by atoms with E-state index in [1.807, 2.05) is 0 Å². The van der Waals surface area contributed by atoms with Crippen LogP contribution in [0.2, 0.25) is 0 Å². The Kier molecular flexibility index (Phi) is 41.4. The molecule has 0 saturated heterocycles. The number of methoxy groups -OCH3 is 1. The van der Waals surface area contributed by atoms with E-state index in [4.69, 9.17) is 14.2 Å². The number of alkyl carbamates (subject to hydrolysis) is 1. The van der Waals surface area contributed by atoms with Crippen molar-refractivity contribution in [2.24, 2.45) is 5.92 Å². The Balaban J connectivity index is 4.33. The van der Waals surface area contributed by atoms with Crippen molar-refractivity contribution in [2.45, 2.75) is 246 Å². The molecule has 0 radical (unpaired) electrons. The molecule has 0 heterocycles. The number of carbonyl (C=O) groups is 3. The minimum atomic E-state index is -0.372. The molecule has 1 unspecified atom stereocenters. The van der Waals surface area contributed by atoms with Crippen LogP contribution in [0.5, 0.6) is 0 Å². The second kappa shape index (κ2) is 42.8. The van der Waals surface area contributed by atoms with Gasteiger partial charge in [-0.2, -0.15) is 0 Å². The molecule has 0 fully saturated rings. The van der Waals surface area contributed by atoms with Crippen molar-refractivity contribution in [2.75, 3.05) is 39.9 Å². The van der Waals surface area contributed by atoms with Crippen molar-refractivity contribution in [3.8, 4) is 0 Å². The largest absolute Gasteiger partial charge is 0.465 e. The molecular weight excluding hydrogens is 701 g/mol. The highest BCUT2D eigenvalue weighted by Gasteiger charge is 2.15. The van der Waals surface area contributed by atoms with Gasteiger partial charge in [-0.15, -0.1) is 0 Å². The van der Waals surface area contributed by atoms with Crippen molar-refractivity contribution >= 4 is 18.0 Å². The summed E-state index contributed by atoms with van der Waals surface area (Å²) in [4.78, 5) is 39.0. The van der Waals surface area contributed by atoms with E-state index >= 15 is 0 Å². The number of rotatable bonds is 43. The van der Waals surface area contributed by atoms with Crippen LogP contribution in [0.3, 0.4) is 0 Å². The van der Waals surface area contributed by atoms with Crippen LogP contribution in [-0.2, 0) is 23.8 Å². The van der Waals surface area contributed by atoms with Gasteiger partial charge < -0.3 is 24.4 Å². The number of hydrogen-bond donors (Lipinski definition) is 1. The van der Waals surface area contributed by atoms with Gasteiger partial charge in [0.15, 0.2) is 0 Å². The smallest absolute Gasteiger partial charge is 0.406 e. The molecule has 0 bridgehead atoms. The zero-order valence-electron chi connectivity index (χ0n) is 37.9. The van der Waals surface area contributed by atoms with E-state index in [9.17, 15) is 14.4 Å². The summed E-state index contributed by atoms with van der Waals surface area (Å²) in [7, 11) is 1.40. The fraction of sp³-hybridized carbons (Fsp3) is 0.938. The number of esters is 2. The molecule has 0 spiro atoms. The fourth-order valence-corrected chi connectivity index (χ4v) is 7.47. The Morgan fingerprint density at radius 1 is 0.500 bits per heavy atom. The van der Waals surface area contributed by atoms with Gasteiger partial charge in [0.25, 0.3) is 0 Å². The molecule has 0 aromatic heterocycles. The quantitative estimate of drug-likeness (QED) is 0.0373. The molecule has 0 aliphatic heterocycles. The summed E-state index contributed by atoms with van der Waals surface area (Å²) in [5, 5.41) is 2.80. The van der Waals surface area contributed by atoms with Crippen LogP contribution in [0, 0.1) is 5.92 Å². The zero-order chi connectivity index (χ0) is 41.2. The molecule has 0 aromatic rings. The first-order valence-electron chi connectivity index (χ1n) is 24.2. The minimum Gasteiger partial charge on any atom is -0.465 e. The number of hydrogen-bond acceptors (Lipinski definition) is 7. The number of amides is 1. The zero-order valence-corrected chi connectivity index (χ0v) is 37.9. The van der Waals surface area contributed by atoms with Crippen molar-refractivity contribution in [1.29, 1.82) is 0 Å². The predicted molar refractivity (Wildman–Crippen MR) is 236 cm³/mol. The summed E-state index contributed by atoms with van der Waals surface area (Å²) >= 11 is 0. The minimum absolute atomic E-state index is 0.00655. The maximum atomic E-state index is 12.8. The molecule has 1 atom stereocenters. The van der Waals surface area contributed by atoms with Gasteiger partial charge in [0, 0.05) is 19.4 Å². The molecule has 8 nitrogen and oxygen atoms in total. The highest BCUT2D eigenvalue weighted by Crippen LogP contribution is 2.19. The van der Waals surface area contributed by atoms with Gasteiger partial charge in [0.1, 0.15) is 6.10 Å². The van der Waals surface area contributed by atoms with E-state index in [-0.39, 0.29) is 24.1 Å². The second-order valence-electron chi connectivity index (χ2n) is 16.9. The van der Waals surface area contributed by atoms with Crippen LogP contribution in [0.1, 0.15) is 240 Å². The summed E-state index contributed by atoms with van der Waals surface area (Å²) in [5.74, 6) is 0.417. The van der Waals surface area contributed by atoms with Gasteiger partial charge in [0.2, 0.25) is 0 Å². The maximum Gasteiger partial charge on any atom is 0.406 e. The highest BCUT2D eigenvalue weighted by atomic mass is 16.5. The Morgan fingerprint density at radius 3 is 1.41 bits per heavy atom. The first kappa shape index (κ1) is 54.2. The van der Waals surface area contributed by atoms with Crippen molar-refractivity contribution in [3.05, 3.63) is 0 Å². The number of nitrogens with zero attached hydrogens (tertiary/aromatic N) is 1. The van der Waals surface area contributed by atoms with E-state index in [0.29, 0.717) is 31.9 Å². The second-order valence-corrected chi connectivity index (χ2v) is 16.9. The topological polar surface area (TPSA) is 94.2 Å². The molecule has 0 saturated carbocycles. The third-order valence-corrected chi connectivity index (χ3v) is 11.2. The fourth-order valence-electron chi connectivity index (χ4n) is 7.47. The lowest BCUT2D eigenvalue weighted by atomic mass is 10.0. The lowest BCUT2D eigenvalue weighted by Crippen LogP contribution is -2.31. The molecular formula is C48H94N2O6. The summed E-state index contributed by atoms with van der Waals surface area (Å²) in [5.41, 5.74) is 0. The van der Waals surface area contributed by atoms with Crippen LogP contribution in [-0.4, -0.2) is 68.9 Å². The van der Waals surface area contributed by atoms with Gasteiger partial charge in [-0.05, 0) is 89.8 Å². The molecule has 1 N–H and O–H groups in total. The van der Waals surface area contributed by atoms with Crippen molar-refractivity contribution in [1.82, 2.24) is 10.2 Å². The predicted octanol–water partition coefficient (Wildman–Crippen LogP) is 13.7. The molecule has 332 valence electrons. The summed E-state index contributed by atoms with van der Waals surface area (Å²) in [6.07, 6.45) is 37.5. The van der Waals surface area contributed by atoms with Gasteiger partial charge >= 0.3 is 18.0 Å². The Bertz CT molecular complexity index is 855. The summed E-state index contributed by atoms with van der Waals surface area (Å²) in [6, 6.07) is 0. The van der Waals surface area contributed by atoms with E-state index in [1.54, 1.807) is 0 Å². The molecule has 0 aliphatic rings. The number of nitrogens with one attached hydrogen (secondary N) is 1. The van der Waals surface area contributed by atoms with Crippen LogP contribution in [0.4, 0.5) is 4.79 Å². The van der Waals surface area contributed by atoms with E-state index in [2.05, 4.69) is 37.9 Å².